The number of alkyl halides is 3. The van der Waals surface area contributed by atoms with Crippen LogP contribution < -0.4 is 10.1 Å². The smallest absolute Gasteiger partial charge is 0.478 e. The zero-order valence-electron chi connectivity index (χ0n) is 15.3. The molecule has 0 aromatic heterocycles. The summed E-state index contributed by atoms with van der Waals surface area (Å²) in [5.74, 6) is -2.45. The van der Waals surface area contributed by atoms with Crippen molar-refractivity contribution in [1.82, 2.24) is 0 Å². The van der Waals surface area contributed by atoms with Crippen LogP contribution in [0.4, 0.5) is 18.9 Å². The maximum Gasteiger partial charge on any atom is 0.573 e. The van der Waals surface area contributed by atoms with Gasteiger partial charge in [0.15, 0.2) is 0 Å². The highest BCUT2D eigenvalue weighted by Crippen LogP contribution is 2.31. The summed E-state index contributed by atoms with van der Waals surface area (Å²) in [6.45, 7) is 0. The van der Waals surface area contributed by atoms with Crippen molar-refractivity contribution >= 4 is 40.8 Å². The SMILES string of the molecule is C.C.O=C(Nc1ccc(-c2cccc(OC(F)(F)F)c2)cc1C(=O)O)c1ccc(Cl)cc1Cl. The van der Waals surface area contributed by atoms with Gasteiger partial charge in [-0.3, -0.25) is 4.79 Å². The van der Waals surface area contributed by atoms with Crippen molar-refractivity contribution in [1.29, 1.82) is 0 Å². The van der Waals surface area contributed by atoms with Crippen LogP contribution in [0.3, 0.4) is 0 Å². The Morgan fingerprint density at radius 3 is 2.15 bits per heavy atom. The van der Waals surface area contributed by atoms with Crippen LogP contribution in [0.25, 0.3) is 11.1 Å². The highest BCUT2D eigenvalue weighted by molar-refractivity contribution is 6.37. The Kier molecular flexibility index (Phi) is 9.33. The normalized spacial score (nSPS) is 10.5. The molecule has 0 aliphatic heterocycles. The van der Waals surface area contributed by atoms with Crippen LogP contribution in [0.1, 0.15) is 35.6 Å². The molecule has 3 aromatic rings. The van der Waals surface area contributed by atoms with Crippen molar-refractivity contribution in [3.8, 4) is 16.9 Å². The van der Waals surface area contributed by atoms with Crippen LogP contribution in [0.5, 0.6) is 5.75 Å². The molecule has 0 spiro atoms. The number of carboxylic acid groups (broad SMARTS) is 1. The average molecular weight is 502 g/mol. The number of amides is 1. The van der Waals surface area contributed by atoms with Crippen molar-refractivity contribution < 1.29 is 32.6 Å². The van der Waals surface area contributed by atoms with Crippen molar-refractivity contribution in [2.24, 2.45) is 0 Å². The van der Waals surface area contributed by atoms with E-state index in [0.717, 1.165) is 12.1 Å². The Balaban J connectivity index is 0.00000272. The Labute approximate surface area is 198 Å². The predicted molar refractivity (Wildman–Crippen MR) is 123 cm³/mol. The number of aromatic carboxylic acids is 1. The molecule has 0 fully saturated rings. The molecule has 2 N–H and O–H groups in total. The molecule has 0 bridgehead atoms. The van der Waals surface area contributed by atoms with E-state index in [1.165, 1.54) is 48.5 Å². The molecule has 0 saturated carbocycles. The lowest BCUT2D eigenvalue weighted by molar-refractivity contribution is -0.274. The van der Waals surface area contributed by atoms with Crippen molar-refractivity contribution in [2.75, 3.05) is 5.32 Å². The van der Waals surface area contributed by atoms with E-state index in [9.17, 15) is 27.9 Å². The van der Waals surface area contributed by atoms with Gasteiger partial charge in [0.05, 0.1) is 21.8 Å². The second kappa shape index (κ2) is 11.1. The predicted octanol–water partition coefficient (Wildman–Crippen LogP) is 7.78. The number of rotatable bonds is 5. The van der Waals surface area contributed by atoms with Gasteiger partial charge in [-0.1, -0.05) is 56.3 Å². The molecule has 0 aliphatic carbocycles. The molecule has 176 valence electrons. The summed E-state index contributed by atoms with van der Waals surface area (Å²) in [6.07, 6.45) is -4.86. The fraction of sp³-hybridized carbons (Fsp3) is 0.130. The van der Waals surface area contributed by atoms with Gasteiger partial charge < -0.3 is 15.2 Å². The molecule has 0 unspecified atom stereocenters. The van der Waals surface area contributed by atoms with Gasteiger partial charge in [0.1, 0.15) is 5.75 Å². The first-order chi connectivity index (χ1) is 14.5. The first-order valence-corrected chi connectivity index (χ1v) is 9.29. The summed E-state index contributed by atoms with van der Waals surface area (Å²) < 4.78 is 41.3. The molecule has 0 heterocycles. The molecule has 10 heteroatoms. The van der Waals surface area contributed by atoms with Crippen molar-refractivity contribution in [2.45, 2.75) is 21.2 Å². The monoisotopic (exact) mass is 501 g/mol. The van der Waals surface area contributed by atoms with Crippen LogP contribution in [0.15, 0.2) is 60.7 Å². The van der Waals surface area contributed by atoms with Gasteiger partial charge in [-0.15, -0.1) is 13.2 Å². The molecule has 0 aliphatic rings. The molecule has 3 aromatic carbocycles. The van der Waals surface area contributed by atoms with Gasteiger partial charge in [-0.2, -0.15) is 0 Å². The Morgan fingerprint density at radius 2 is 1.55 bits per heavy atom. The van der Waals surface area contributed by atoms with Crippen molar-refractivity contribution in [3.05, 3.63) is 81.8 Å². The van der Waals surface area contributed by atoms with Gasteiger partial charge in [0.2, 0.25) is 0 Å². The summed E-state index contributed by atoms with van der Waals surface area (Å²) >= 11 is 11.8. The van der Waals surface area contributed by atoms with E-state index in [1.807, 2.05) is 0 Å². The van der Waals surface area contributed by atoms with Crippen molar-refractivity contribution in [3.63, 3.8) is 0 Å². The molecule has 33 heavy (non-hydrogen) atoms. The number of anilines is 1. The highest BCUT2D eigenvalue weighted by Gasteiger charge is 2.31. The number of carboxylic acids is 1. The molecule has 0 saturated heterocycles. The number of nitrogens with one attached hydrogen (secondary N) is 1. The van der Waals surface area contributed by atoms with E-state index in [1.54, 1.807) is 0 Å². The second-order valence-corrected chi connectivity index (χ2v) is 7.06. The number of benzene rings is 3. The molecular formula is C23H20Cl2F3NO4. The Morgan fingerprint density at radius 1 is 0.879 bits per heavy atom. The van der Waals surface area contributed by atoms with Crippen LogP contribution in [-0.4, -0.2) is 23.3 Å². The summed E-state index contributed by atoms with van der Waals surface area (Å²) in [5, 5.41) is 12.4. The summed E-state index contributed by atoms with van der Waals surface area (Å²) in [4.78, 5) is 24.2. The Bertz CT molecular complexity index is 1170. The Hall–Kier alpha value is -3.23. The zero-order chi connectivity index (χ0) is 22.8. The molecule has 0 atom stereocenters. The first-order valence-electron chi connectivity index (χ1n) is 8.53. The van der Waals surface area contributed by atoms with Crippen LogP contribution >= 0.6 is 23.2 Å². The third kappa shape index (κ3) is 7.13. The minimum absolute atomic E-state index is 0. The summed E-state index contributed by atoms with van der Waals surface area (Å²) in [7, 11) is 0. The fourth-order valence-electron chi connectivity index (χ4n) is 2.75. The third-order valence-electron chi connectivity index (χ3n) is 4.07. The van der Waals surface area contributed by atoms with E-state index < -0.39 is 24.0 Å². The van der Waals surface area contributed by atoms with E-state index in [2.05, 4.69) is 10.1 Å². The average Bonchev–Trinajstić information content (AvgIpc) is 2.66. The van der Waals surface area contributed by atoms with E-state index in [-0.39, 0.29) is 36.7 Å². The standard InChI is InChI=1S/C21H12Cl2F3NO4.2CH4/c22-13-5-6-15(17(23)10-13)19(28)27-18-7-4-12(9-16(18)20(29)30)11-2-1-3-14(8-11)31-21(24,25)26;;/h1-10H,(H,27,28)(H,29,30);2*1H4. The number of hydrogen-bond donors (Lipinski definition) is 2. The van der Waals surface area contributed by atoms with Crippen LogP contribution in [-0.2, 0) is 0 Å². The van der Waals surface area contributed by atoms with Crippen LogP contribution in [0, 0.1) is 0 Å². The summed E-state index contributed by atoms with van der Waals surface area (Å²) in [5.41, 5.74) is 0.409. The minimum Gasteiger partial charge on any atom is -0.478 e. The number of carbonyl (C=O) groups excluding carboxylic acids is 1. The molecule has 3 rings (SSSR count). The number of carbonyl (C=O) groups is 2. The maximum atomic E-state index is 12.5. The van der Waals surface area contributed by atoms with Gasteiger partial charge in [0.25, 0.3) is 5.91 Å². The largest absolute Gasteiger partial charge is 0.573 e. The van der Waals surface area contributed by atoms with Gasteiger partial charge in [-0.25, -0.2) is 4.79 Å². The summed E-state index contributed by atoms with van der Waals surface area (Å²) in [6, 6.07) is 13.3. The highest BCUT2D eigenvalue weighted by atomic mass is 35.5. The number of hydrogen-bond acceptors (Lipinski definition) is 3. The lowest BCUT2D eigenvalue weighted by atomic mass is 10.0. The minimum atomic E-state index is -4.86. The zero-order valence-corrected chi connectivity index (χ0v) is 16.8. The number of halogens is 5. The third-order valence-corrected chi connectivity index (χ3v) is 4.62. The molecule has 5 nitrogen and oxygen atoms in total. The molecule has 1 amide bonds. The van der Waals surface area contributed by atoms with E-state index in [4.69, 9.17) is 23.2 Å². The fourth-order valence-corrected chi connectivity index (χ4v) is 3.24. The van der Waals surface area contributed by atoms with Crippen LogP contribution in [0.2, 0.25) is 10.0 Å². The maximum absolute atomic E-state index is 12.5. The van der Waals surface area contributed by atoms with Gasteiger partial charge in [-0.05, 0) is 53.6 Å². The van der Waals surface area contributed by atoms with Gasteiger partial charge in [0, 0.05) is 5.02 Å². The second-order valence-electron chi connectivity index (χ2n) is 6.22. The lowest BCUT2D eigenvalue weighted by Gasteiger charge is -2.13. The lowest BCUT2D eigenvalue weighted by Crippen LogP contribution is -2.17. The quantitative estimate of drug-likeness (QED) is 0.374. The topological polar surface area (TPSA) is 75.6 Å². The van der Waals surface area contributed by atoms with E-state index in [0.29, 0.717) is 16.1 Å². The molecular weight excluding hydrogens is 482 g/mol. The number of ether oxygens (including phenoxy) is 1. The first kappa shape index (κ1) is 27.8. The van der Waals surface area contributed by atoms with E-state index >= 15 is 0 Å². The molecule has 0 radical (unpaired) electrons. The van der Waals surface area contributed by atoms with Gasteiger partial charge >= 0.3 is 12.3 Å².